The zero-order valence-corrected chi connectivity index (χ0v) is 9.68. The van der Waals surface area contributed by atoms with E-state index in [1.807, 2.05) is 7.05 Å². The lowest BCUT2D eigenvalue weighted by molar-refractivity contribution is 0.00521. The van der Waals surface area contributed by atoms with E-state index >= 15 is 0 Å². The highest BCUT2D eigenvalue weighted by molar-refractivity contribution is 5.80. The summed E-state index contributed by atoms with van der Waals surface area (Å²) in [6.45, 7) is 2.46. The third kappa shape index (κ3) is 2.83. The van der Waals surface area contributed by atoms with Crippen molar-refractivity contribution in [3.05, 3.63) is 0 Å². The molecule has 0 saturated heterocycles. The van der Waals surface area contributed by atoms with Gasteiger partial charge in [-0.15, -0.1) is 0 Å². The maximum absolute atomic E-state index is 13.0. The van der Waals surface area contributed by atoms with Gasteiger partial charge in [0.25, 0.3) is 0 Å². The van der Waals surface area contributed by atoms with Gasteiger partial charge in [0.15, 0.2) is 5.96 Å². The Bertz CT molecular complexity index is 278. The number of guanidine groups is 1. The number of nitrogens with one attached hydrogen (secondary N) is 1. The highest BCUT2D eigenvalue weighted by Gasteiger charge is 2.39. The van der Waals surface area contributed by atoms with Crippen LogP contribution in [0.25, 0.3) is 0 Å². The van der Waals surface area contributed by atoms with Crippen LogP contribution in [0.4, 0.5) is 8.78 Å². The van der Waals surface area contributed by atoms with Gasteiger partial charge in [0.1, 0.15) is 0 Å². The maximum Gasteiger partial charge on any atom is 0.248 e. The molecule has 1 aliphatic heterocycles. The molecule has 16 heavy (non-hydrogen) atoms. The zero-order valence-electron chi connectivity index (χ0n) is 9.68. The Morgan fingerprint density at radius 2 is 2.38 bits per heavy atom. The van der Waals surface area contributed by atoms with Crippen molar-refractivity contribution in [2.45, 2.75) is 31.6 Å². The third-order valence-corrected chi connectivity index (χ3v) is 3.33. The zero-order chi connectivity index (χ0) is 11.6. The van der Waals surface area contributed by atoms with Gasteiger partial charge in [-0.2, -0.15) is 0 Å². The van der Waals surface area contributed by atoms with E-state index in [-0.39, 0.29) is 18.8 Å². The minimum absolute atomic E-state index is 0.0248. The summed E-state index contributed by atoms with van der Waals surface area (Å²) in [5.74, 6) is -1.48. The lowest BCUT2D eigenvalue weighted by Gasteiger charge is -2.26. The van der Waals surface area contributed by atoms with Crippen molar-refractivity contribution in [3.8, 4) is 0 Å². The molecule has 1 aliphatic carbocycles. The van der Waals surface area contributed by atoms with Crippen LogP contribution >= 0.6 is 0 Å². The molecule has 1 saturated carbocycles. The number of rotatable bonds is 2. The van der Waals surface area contributed by atoms with E-state index in [1.54, 1.807) is 0 Å². The normalized spacial score (nSPS) is 29.1. The molecule has 0 spiro atoms. The fourth-order valence-corrected chi connectivity index (χ4v) is 2.36. The molecule has 0 bridgehead atoms. The summed E-state index contributed by atoms with van der Waals surface area (Å²) in [5.41, 5.74) is 0. The van der Waals surface area contributed by atoms with Crippen molar-refractivity contribution < 1.29 is 8.78 Å². The van der Waals surface area contributed by atoms with Crippen LogP contribution in [-0.2, 0) is 0 Å². The minimum atomic E-state index is -2.44. The molecule has 2 aliphatic rings. The fraction of sp³-hybridized carbons (Fsp3) is 0.909. The summed E-state index contributed by atoms with van der Waals surface area (Å²) in [6, 6.07) is 0. The molecule has 3 nitrogen and oxygen atoms in total. The molecule has 1 atom stereocenters. The number of aliphatic imine (C=N–C) groups is 1. The molecule has 0 aromatic heterocycles. The van der Waals surface area contributed by atoms with E-state index in [0.717, 1.165) is 25.5 Å². The minimum Gasteiger partial charge on any atom is -0.356 e. The van der Waals surface area contributed by atoms with Gasteiger partial charge in [0, 0.05) is 39.5 Å². The number of hydrogen-bond acceptors (Lipinski definition) is 3. The first-order chi connectivity index (χ1) is 7.57. The quantitative estimate of drug-likeness (QED) is 0.783. The average molecular weight is 231 g/mol. The van der Waals surface area contributed by atoms with E-state index in [9.17, 15) is 8.78 Å². The lowest BCUT2D eigenvalue weighted by atomic mass is 10.1. The predicted octanol–water partition coefficient (Wildman–Crippen LogP) is 1.70. The molecule has 1 unspecified atom stereocenters. The van der Waals surface area contributed by atoms with Crippen molar-refractivity contribution in [3.63, 3.8) is 0 Å². The van der Waals surface area contributed by atoms with Gasteiger partial charge in [0.2, 0.25) is 5.92 Å². The average Bonchev–Trinajstić information content (AvgIpc) is 2.57. The van der Waals surface area contributed by atoms with Gasteiger partial charge < -0.3 is 10.2 Å². The summed E-state index contributed by atoms with van der Waals surface area (Å²) < 4.78 is 25.9. The number of nitrogens with zero attached hydrogens (tertiary/aromatic N) is 2. The Kier molecular flexibility index (Phi) is 3.30. The van der Waals surface area contributed by atoms with Crippen LogP contribution in [0.3, 0.4) is 0 Å². The van der Waals surface area contributed by atoms with E-state index in [1.165, 1.54) is 0 Å². The second-order valence-corrected chi connectivity index (χ2v) is 4.83. The monoisotopic (exact) mass is 231 g/mol. The molecule has 5 heteroatoms. The van der Waals surface area contributed by atoms with Crippen molar-refractivity contribution >= 4 is 5.96 Å². The molecule has 2 rings (SSSR count). The van der Waals surface area contributed by atoms with Gasteiger partial charge in [0.05, 0.1) is 0 Å². The summed E-state index contributed by atoms with van der Waals surface area (Å²) in [5, 5.41) is 3.19. The van der Waals surface area contributed by atoms with E-state index in [2.05, 4.69) is 15.2 Å². The Morgan fingerprint density at radius 3 is 3.00 bits per heavy atom. The molecular weight excluding hydrogens is 212 g/mol. The Hall–Kier alpha value is -0.870. The summed E-state index contributed by atoms with van der Waals surface area (Å²) >= 11 is 0. The van der Waals surface area contributed by atoms with Crippen LogP contribution in [0.5, 0.6) is 0 Å². The van der Waals surface area contributed by atoms with Gasteiger partial charge >= 0.3 is 0 Å². The van der Waals surface area contributed by atoms with Crippen LogP contribution < -0.4 is 5.32 Å². The highest BCUT2D eigenvalue weighted by atomic mass is 19.3. The first-order valence-corrected chi connectivity index (χ1v) is 5.94. The summed E-state index contributed by atoms with van der Waals surface area (Å²) in [6.07, 6.45) is 1.76. The maximum atomic E-state index is 13.0. The smallest absolute Gasteiger partial charge is 0.248 e. The predicted molar refractivity (Wildman–Crippen MR) is 59.8 cm³/mol. The first kappa shape index (κ1) is 11.6. The Morgan fingerprint density at radius 1 is 1.56 bits per heavy atom. The first-order valence-electron chi connectivity index (χ1n) is 5.94. The summed E-state index contributed by atoms with van der Waals surface area (Å²) in [4.78, 5) is 6.40. The van der Waals surface area contributed by atoms with Crippen LogP contribution in [0.1, 0.15) is 25.7 Å². The molecule has 1 fully saturated rings. The van der Waals surface area contributed by atoms with Gasteiger partial charge in [-0.25, -0.2) is 8.78 Å². The van der Waals surface area contributed by atoms with Crippen molar-refractivity contribution in [2.75, 3.05) is 26.7 Å². The van der Waals surface area contributed by atoms with Gasteiger partial charge in [-0.05, 0) is 18.8 Å². The molecule has 0 aromatic carbocycles. The van der Waals surface area contributed by atoms with E-state index in [4.69, 9.17) is 0 Å². The van der Waals surface area contributed by atoms with Gasteiger partial charge in [-0.3, -0.25) is 4.99 Å². The molecular formula is C11H19F2N3. The second-order valence-electron chi connectivity index (χ2n) is 4.83. The van der Waals surface area contributed by atoms with E-state index < -0.39 is 5.92 Å². The Labute approximate surface area is 94.9 Å². The van der Waals surface area contributed by atoms with Gasteiger partial charge in [-0.1, -0.05) is 0 Å². The van der Waals surface area contributed by atoms with Crippen LogP contribution in [0, 0.1) is 5.92 Å². The topological polar surface area (TPSA) is 27.6 Å². The Balaban J connectivity index is 1.77. The fourth-order valence-electron chi connectivity index (χ4n) is 2.36. The number of hydrogen-bond donors (Lipinski definition) is 1. The SMILES string of the molecule is CN1CCCN=C1NCC1CCC(F)(F)C1. The van der Waals surface area contributed by atoms with Crippen LogP contribution in [0.2, 0.25) is 0 Å². The van der Waals surface area contributed by atoms with Crippen LogP contribution in [-0.4, -0.2) is 43.5 Å². The number of halogens is 2. The molecule has 0 amide bonds. The molecule has 1 heterocycles. The van der Waals surface area contributed by atoms with Crippen molar-refractivity contribution in [1.29, 1.82) is 0 Å². The standard InChI is InChI=1S/C11H19F2N3/c1-16-6-2-5-14-10(16)15-8-9-3-4-11(12,13)7-9/h9H,2-8H2,1H3,(H,14,15). The molecule has 92 valence electrons. The van der Waals surface area contributed by atoms with Crippen molar-refractivity contribution in [2.24, 2.45) is 10.9 Å². The lowest BCUT2D eigenvalue weighted by Crippen LogP contribution is -2.43. The summed E-state index contributed by atoms with van der Waals surface area (Å²) in [7, 11) is 1.98. The largest absolute Gasteiger partial charge is 0.356 e. The molecule has 0 aromatic rings. The molecule has 0 radical (unpaired) electrons. The van der Waals surface area contributed by atoms with Crippen molar-refractivity contribution in [1.82, 2.24) is 10.2 Å². The second kappa shape index (κ2) is 4.55. The molecule has 1 N–H and O–H groups in total. The third-order valence-electron chi connectivity index (χ3n) is 3.33. The van der Waals surface area contributed by atoms with Crippen LogP contribution in [0.15, 0.2) is 4.99 Å². The van der Waals surface area contributed by atoms with E-state index in [0.29, 0.717) is 13.0 Å². The number of alkyl halides is 2. The highest BCUT2D eigenvalue weighted by Crippen LogP contribution is 2.38.